The van der Waals surface area contributed by atoms with E-state index in [1.807, 2.05) is 0 Å². The average Bonchev–Trinajstić information content (AvgIpc) is 2.65. The zero-order valence-corrected chi connectivity index (χ0v) is 10.5. The molecule has 1 aliphatic rings. The van der Waals surface area contributed by atoms with Crippen molar-refractivity contribution in [3.8, 4) is 0 Å². The van der Waals surface area contributed by atoms with Crippen molar-refractivity contribution >= 4 is 15.9 Å². The van der Waals surface area contributed by atoms with Gasteiger partial charge in [-0.25, -0.2) is 8.42 Å². The molecule has 1 aliphatic heterocycles. The number of nitrogens with two attached hydrogens (primary N) is 1. The van der Waals surface area contributed by atoms with E-state index in [1.54, 1.807) is 11.8 Å². The Morgan fingerprint density at radius 3 is 2.76 bits per heavy atom. The maximum Gasteiger partial charge on any atom is 0.318 e. The Kier molecular flexibility index (Phi) is 3.34. The first-order valence-electron chi connectivity index (χ1n) is 5.52. The predicted octanol–water partition coefficient (Wildman–Crippen LogP) is -0.286. The highest BCUT2D eigenvalue weighted by Crippen LogP contribution is 2.18. The molecule has 0 amide bonds. The fourth-order valence-electron chi connectivity index (χ4n) is 1.67. The van der Waals surface area contributed by atoms with Gasteiger partial charge in [0.15, 0.2) is 9.84 Å². The standard InChI is InChI=1S/C9H16N4O3S/c1-7(10)8-11-12-9(16-8)13-3-2-5-17(14,15)6-4-13/h7H,2-6,10H2,1H3. The van der Waals surface area contributed by atoms with Crippen LogP contribution in [0.3, 0.4) is 0 Å². The Bertz CT molecular complexity index is 482. The fourth-order valence-corrected chi connectivity index (χ4v) is 2.94. The minimum absolute atomic E-state index is 0.128. The van der Waals surface area contributed by atoms with Crippen LogP contribution in [0.15, 0.2) is 4.42 Å². The molecule has 0 aromatic carbocycles. The topological polar surface area (TPSA) is 102 Å². The lowest BCUT2D eigenvalue weighted by Crippen LogP contribution is -2.27. The Morgan fingerprint density at radius 2 is 2.12 bits per heavy atom. The van der Waals surface area contributed by atoms with Gasteiger partial charge in [-0.15, -0.1) is 5.10 Å². The first-order valence-corrected chi connectivity index (χ1v) is 7.34. The van der Waals surface area contributed by atoms with E-state index in [9.17, 15) is 8.42 Å². The van der Waals surface area contributed by atoms with Crippen LogP contribution in [0.1, 0.15) is 25.3 Å². The molecule has 96 valence electrons. The van der Waals surface area contributed by atoms with Gasteiger partial charge in [0.1, 0.15) is 0 Å². The second-order valence-corrected chi connectivity index (χ2v) is 6.51. The fraction of sp³-hybridized carbons (Fsp3) is 0.778. The monoisotopic (exact) mass is 260 g/mol. The van der Waals surface area contributed by atoms with Crippen molar-refractivity contribution in [1.82, 2.24) is 10.2 Å². The van der Waals surface area contributed by atoms with Crippen molar-refractivity contribution in [2.45, 2.75) is 19.4 Å². The summed E-state index contributed by atoms with van der Waals surface area (Å²) in [6.45, 7) is 2.76. The molecule has 1 unspecified atom stereocenters. The second kappa shape index (κ2) is 4.61. The maximum absolute atomic E-state index is 11.4. The molecule has 1 atom stereocenters. The molecule has 2 N–H and O–H groups in total. The van der Waals surface area contributed by atoms with E-state index in [1.165, 1.54) is 0 Å². The van der Waals surface area contributed by atoms with Crippen LogP contribution < -0.4 is 10.6 Å². The van der Waals surface area contributed by atoms with Crippen LogP contribution >= 0.6 is 0 Å². The van der Waals surface area contributed by atoms with Gasteiger partial charge in [0.2, 0.25) is 5.89 Å². The van der Waals surface area contributed by atoms with Gasteiger partial charge in [0.05, 0.1) is 17.5 Å². The predicted molar refractivity (Wildman–Crippen MR) is 62.4 cm³/mol. The summed E-state index contributed by atoms with van der Waals surface area (Å²) in [5.41, 5.74) is 5.62. The van der Waals surface area contributed by atoms with Gasteiger partial charge < -0.3 is 15.1 Å². The van der Waals surface area contributed by atoms with Gasteiger partial charge in [-0.05, 0) is 13.3 Å². The van der Waals surface area contributed by atoms with E-state index in [4.69, 9.17) is 10.2 Å². The molecule has 7 nitrogen and oxygen atoms in total. The Balaban J connectivity index is 2.11. The van der Waals surface area contributed by atoms with Gasteiger partial charge >= 0.3 is 6.01 Å². The molecule has 0 radical (unpaired) electrons. The molecule has 0 saturated carbocycles. The molecule has 8 heteroatoms. The van der Waals surface area contributed by atoms with E-state index in [0.717, 1.165) is 0 Å². The van der Waals surface area contributed by atoms with Crippen molar-refractivity contribution in [2.24, 2.45) is 5.73 Å². The third kappa shape index (κ3) is 2.95. The van der Waals surface area contributed by atoms with E-state index in [-0.39, 0.29) is 17.5 Å². The number of nitrogens with zero attached hydrogens (tertiary/aromatic N) is 3. The summed E-state index contributed by atoms with van der Waals surface area (Å²) in [5.74, 6) is 0.716. The average molecular weight is 260 g/mol. The normalized spacial score (nSPS) is 22.1. The van der Waals surface area contributed by atoms with Crippen LogP contribution in [0.4, 0.5) is 6.01 Å². The van der Waals surface area contributed by atoms with E-state index in [2.05, 4.69) is 10.2 Å². The summed E-state index contributed by atoms with van der Waals surface area (Å²) < 4.78 is 28.3. The molecule has 1 fully saturated rings. The van der Waals surface area contributed by atoms with Crippen LogP contribution in [0, 0.1) is 0 Å². The number of anilines is 1. The summed E-state index contributed by atoms with van der Waals surface area (Å²) in [5, 5.41) is 7.71. The van der Waals surface area contributed by atoms with E-state index in [0.29, 0.717) is 31.4 Å². The first kappa shape index (κ1) is 12.3. The summed E-state index contributed by atoms with van der Waals surface area (Å²) >= 11 is 0. The number of aromatic nitrogens is 2. The van der Waals surface area contributed by atoms with Crippen LogP contribution in [0.5, 0.6) is 0 Å². The summed E-state index contributed by atoms with van der Waals surface area (Å²) in [7, 11) is -2.93. The summed E-state index contributed by atoms with van der Waals surface area (Å²) in [6, 6.07) is 0.0429. The highest BCUT2D eigenvalue weighted by Gasteiger charge is 2.23. The lowest BCUT2D eigenvalue weighted by molar-refractivity contribution is 0.457. The number of hydrogen-bond acceptors (Lipinski definition) is 7. The Labute approximate surface area is 99.9 Å². The molecule has 1 aromatic rings. The molecule has 0 aliphatic carbocycles. The SMILES string of the molecule is CC(N)c1nnc(N2CCCS(=O)(=O)CC2)o1. The summed E-state index contributed by atoms with van der Waals surface area (Å²) in [4.78, 5) is 1.80. The first-order chi connectivity index (χ1) is 7.98. The zero-order valence-electron chi connectivity index (χ0n) is 9.66. The van der Waals surface area contributed by atoms with Crippen molar-refractivity contribution in [3.05, 3.63) is 5.89 Å². The third-order valence-electron chi connectivity index (χ3n) is 2.65. The molecule has 17 heavy (non-hydrogen) atoms. The van der Waals surface area contributed by atoms with Gasteiger partial charge in [-0.2, -0.15) is 0 Å². The Morgan fingerprint density at radius 1 is 1.35 bits per heavy atom. The van der Waals surface area contributed by atoms with E-state index >= 15 is 0 Å². The summed E-state index contributed by atoms with van der Waals surface area (Å²) in [6.07, 6.45) is 0.582. The van der Waals surface area contributed by atoms with Crippen LogP contribution in [-0.2, 0) is 9.84 Å². The van der Waals surface area contributed by atoms with Gasteiger partial charge in [-0.3, -0.25) is 0 Å². The second-order valence-electron chi connectivity index (χ2n) is 4.20. The quantitative estimate of drug-likeness (QED) is 0.779. The maximum atomic E-state index is 11.4. The van der Waals surface area contributed by atoms with Crippen molar-refractivity contribution in [3.63, 3.8) is 0 Å². The largest absolute Gasteiger partial charge is 0.406 e. The van der Waals surface area contributed by atoms with Gasteiger partial charge in [-0.1, -0.05) is 5.10 Å². The highest BCUT2D eigenvalue weighted by molar-refractivity contribution is 7.91. The van der Waals surface area contributed by atoms with Gasteiger partial charge in [0.25, 0.3) is 0 Å². The number of hydrogen-bond donors (Lipinski definition) is 1. The highest BCUT2D eigenvalue weighted by atomic mass is 32.2. The van der Waals surface area contributed by atoms with Crippen LogP contribution in [-0.4, -0.2) is 43.2 Å². The number of rotatable bonds is 2. The lowest BCUT2D eigenvalue weighted by Gasteiger charge is -2.15. The molecule has 2 heterocycles. The molecular formula is C9H16N4O3S. The van der Waals surface area contributed by atoms with Crippen molar-refractivity contribution in [1.29, 1.82) is 0 Å². The van der Waals surface area contributed by atoms with Crippen LogP contribution in [0.25, 0.3) is 0 Å². The van der Waals surface area contributed by atoms with Crippen LogP contribution in [0.2, 0.25) is 0 Å². The number of sulfone groups is 1. The molecule has 0 bridgehead atoms. The molecule has 0 spiro atoms. The minimum atomic E-state index is -2.93. The smallest absolute Gasteiger partial charge is 0.318 e. The zero-order chi connectivity index (χ0) is 12.5. The third-order valence-corrected chi connectivity index (χ3v) is 4.36. The molecule has 1 saturated heterocycles. The molecule has 1 aromatic heterocycles. The lowest BCUT2D eigenvalue weighted by atomic mass is 10.4. The minimum Gasteiger partial charge on any atom is -0.406 e. The molecule has 2 rings (SSSR count). The van der Waals surface area contributed by atoms with Crippen molar-refractivity contribution in [2.75, 3.05) is 29.5 Å². The van der Waals surface area contributed by atoms with E-state index < -0.39 is 9.84 Å². The Hall–Kier alpha value is -1.15. The van der Waals surface area contributed by atoms with Crippen molar-refractivity contribution < 1.29 is 12.8 Å². The van der Waals surface area contributed by atoms with Gasteiger partial charge in [0, 0.05) is 13.1 Å². The molecular weight excluding hydrogens is 244 g/mol.